The minimum absolute atomic E-state index is 0.228. The Labute approximate surface area is 95.3 Å². The molecule has 4 heteroatoms. The molecular formula is C11H16ClN3. The smallest absolute Gasteiger partial charge is 0.135 e. The van der Waals surface area contributed by atoms with Crippen molar-refractivity contribution >= 4 is 17.4 Å². The van der Waals surface area contributed by atoms with Gasteiger partial charge >= 0.3 is 0 Å². The number of halogens is 1. The van der Waals surface area contributed by atoms with Crippen LogP contribution in [0.25, 0.3) is 0 Å². The Morgan fingerprint density at radius 1 is 1.40 bits per heavy atom. The zero-order chi connectivity index (χ0) is 11.1. The van der Waals surface area contributed by atoms with Crippen LogP contribution in [0.2, 0.25) is 5.15 Å². The van der Waals surface area contributed by atoms with E-state index in [-0.39, 0.29) is 5.54 Å². The molecule has 1 fully saturated rings. The van der Waals surface area contributed by atoms with Crippen LogP contribution in [0.4, 0.5) is 5.82 Å². The summed E-state index contributed by atoms with van der Waals surface area (Å²) in [4.78, 5) is 8.65. The fourth-order valence-electron chi connectivity index (χ4n) is 1.38. The summed E-state index contributed by atoms with van der Waals surface area (Å²) in [5.74, 6) is 1.95. The third-order valence-corrected chi connectivity index (χ3v) is 2.85. The molecule has 2 rings (SSSR count). The first kappa shape index (κ1) is 10.7. The number of hydrogen-bond acceptors (Lipinski definition) is 3. The van der Waals surface area contributed by atoms with Gasteiger partial charge in [0.05, 0.1) is 0 Å². The van der Waals surface area contributed by atoms with Gasteiger partial charge in [-0.25, -0.2) is 9.97 Å². The van der Waals surface area contributed by atoms with E-state index in [0.717, 1.165) is 11.6 Å². The summed E-state index contributed by atoms with van der Waals surface area (Å²) in [5.41, 5.74) is 0.228. The van der Waals surface area contributed by atoms with Crippen LogP contribution in [-0.4, -0.2) is 15.5 Å². The lowest BCUT2D eigenvalue weighted by Gasteiger charge is -2.14. The maximum Gasteiger partial charge on any atom is 0.135 e. The van der Waals surface area contributed by atoms with Gasteiger partial charge in [-0.2, -0.15) is 0 Å². The number of nitrogens with one attached hydrogen (secondary N) is 1. The van der Waals surface area contributed by atoms with Crippen molar-refractivity contribution in [1.29, 1.82) is 0 Å². The average Bonchev–Trinajstić information content (AvgIpc) is 2.81. The quantitative estimate of drug-likeness (QED) is 0.803. The van der Waals surface area contributed by atoms with Crippen LogP contribution in [0.3, 0.4) is 0 Å². The topological polar surface area (TPSA) is 37.8 Å². The van der Waals surface area contributed by atoms with Gasteiger partial charge in [-0.1, -0.05) is 25.4 Å². The molecule has 0 saturated heterocycles. The molecule has 82 valence electrons. The van der Waals surface area contributed by atoms with Crippen LogP contribution in [0, 0.1) is 0 Å². The summed E-state index contributed by atoms with van der Waals surface area (Å²) in [6.45, 7) is 6.32. The molecule has 0 aromatic carbocycles. The van der Waals surface area contributed by atoms with Crippen molar-refractivity contribution in [3.05, 3.63) is 17.0 Å². The van der Waals surface area contributed by atoms with Crippen molar-refractivity contribution in [3.8, 4) is 0 Å². The third-order valence-electron chi connectivity index (χ3n) is 2.66. The highest BCUT2D eigenvalue weighted by Crippen LogP contribution is 2.38. The zero-order valence-corrected chi connectivity index (χ0v) is 10.1. The Bertz CT molecular complexity index is 372. The minimum atomic E-state index is 0.228. The average molecular weight is 226 g/mol. The number of aromatic nitrogens is 2. The lowest BCUT2D eigenvalue weighted by atomic mass is 10.2. The molecule has 0 radical (unpaired) electrons. The molecule has 0 bridgehead atoms. The number of hydrogen-bond donors (Lipinski definition) is 1. The Morgan fingerprint density at radius 3 is 2.60 bits per heavy atom. The summed E-state index contributed by atoms with van der Waals surface area (Å²) in [5, 5.41) is 3.91. The lowest BCUT2D eigenvalue weighted by molar-refractivity contribution is 0.761. The monoisotopic (exact) mass is 225 g/mol. The van der Waals surface area contributed by atoms with E-state index in [1.54, 1.807) is 6.07 Å². The van der Waals surface area contributed by atoms with E-state index in [9.17, 15) is 0 Å². The molecule has 0 atom stereocenters. The second-order valence-electron chi connectivity index (χ2n) is 4.77. The highest BCUT2D eigenvalue weighted by Gasteiger charge is 2.37. The highest BCUT2D eigenvalue weighted by molar-refractivity contribution is 6.29. The molecule has 1 aromatic rings. The molecule has 0 aliphatic heterocycles. The van der Waals surface area contributed by atoms with Gasteiger partial charge in [-0.15, -0.1) is 0 Å². The Kier molecular flexibility index (Phi) is 2.59. The van der Waals surface area contributed by atoms with Gasteiger partial charge in [0.1, 0.15) is 16.8 Å². The van der Waals surface area contributed by atoms with Crippen molar-refractivity contribution in [2.45, 2.75) is 45.1 Å². The predicted molar refractivity (Wildman–Crippen MR) is 62.4 cm³/mol. The maximum atomic E-state index is 5.95. The normalized spacial score (nSPS) is 17.9. The molecule has 0 unspecified atom stereocenters. The van der Waals surface area contributed by atoms with Gasteiger partial charge in [0.25, 0.3) is 0 Å². The van der Waals surface area contributed by atoms with Crippen LogP contribution in [-0.2, 0) is 0 Å². The minimum Gasteiger partial charge on any atom is -0.365 e. The maximum absolute atomic E-state index is 5.95. The van der Waals surface area contributed by atoms with Gasteiger partial charge in [0.15, 0.2) is 0 Å². The molecule has 1 aliphatic carbocycles. The molecule has 1 saturated carbocycles. The van der Waals surface area contributed by atoms with E-state index in [1.165, 1.54) is 12.8 Å². The summed E-state index contributed by atoms with van der Waals surface area (Å²) in [7, 11) is 0. The second-order valence-corrected chi connectivity index (χ2v) is 5.16. The van der Waals surface area contributed by atoms with E-state index in [0.29, 0.717) is 11.1 Å². The number of nitrogens with zero attached hydrogens (tertiary/aromatic N) is 2. The molecule has 15 heavy (non-hydrogen) atoms. The largest absolute Gasteiger partial charge is 0.365 e. The van der Waals surface area contributed by atoms with E-state index in [4.69, 9.17) is 11.6 Å². The summed E-state index contributed by atoms with van der Waals surface area (Å²) < 4.78 is 0. The SMILES string of the molecule is CC(C)c1nc(Cl)cc(NC2(C)CC2)n1. The molecule has 1 aromatic heterocycles. The Hall–Kier alpha value is -0.830. The van der Waals surface area contributed by atoms with Crippen molar-refractivity contribution < 1.29 is 0 Å². The summed E-state index contributed by atoms with van der Waals surface area (Å²) >= 11 is 5.95. The summed E-state index contributed by atoms with van der Waals surface area (Å²) in [6, 6.07) is 1.79. The van der Waals surface area contributed by atoms with Gasteiger partial charge in [-0.05, 0) is 19.8 Å². The number of anilines is 1. The van der Waals surface area contributed by atoms with Gasteiger partial charge in [0.2, 0.25) is 0 Å². The second kappa shape index (κ2) is 3.63. The Balaban J connectivity index is 2.23. The van der Waals surface area contributed by atoms with Crippen LogP contribution in [0.1, 0.15) is 45.4 Å². The van der Waals surface area contributed by atoms with Crippen LogP contribution in [0.5, 0.6) is 0 Å². The first-order valence-electron chi connectivity index (χ1n) is 5.31. The standard InChI is InChI=1S/C11H16ClN3/c1-7(2)10-13-8(12)6-9(14-10)15-11(3)4-5-11/h6-7H,4-5H2,1-3H3,(H,13,14,15). The molecule has 1 heterocycles. The molecule has 1 aliphatic rings. The van der Waals surface area contributed by atoms with Crippen molar-refractivity contribution in [3.63, 3.8) is 0 Å². The zero-order valence-electron chi connectivity index (χ0n) is 9.34. The van der Waals surface area contributed by atoms with Crippen molar-refractivity contribution in [2.75, 3.05) is 5.32 Å². The van der Waals surface area contributed by atoms with E-state index in [2.05, 4.69) is 36.1 Å². The third kappa shape index (κ3) is 2.59. The molecular weight excluding hydrogens is 210 g/mol. The lowest BCUT2D eigenvalue weighted by Crippen LogP contribution is -2.17. The van der Waals surface area contributed by atoms with Gasteiger partial charge in [-0.3, -0.25) is 0 Å². The van der Waals surface area contributed by atoms with Gasteiger partial charge in [0, 0.05) is 17.5 Å². The molecule has 3 nitrogen and oxygen atoms in total. The van der Waals surface area contributed by atoms with Crippen molar-refractivity contribution in [1.82, 2.24) is 9.97 Å². The van der Waals surface area contributed by atoms with Crippen LogP contribution < -0.4 is 5.32 Å². The fraction of sp³-hybridized carbons (Fsp3) is 0.636. The Morgan fingerprint density at radius 2 is 2.07 bits per heavy atom. The first-order chi connectivity index (χ1) is 6.98. The van der Waals surface area contributed by atoms with E-state index < -0.39 is 0 Å². The highest BCUT2D eigenvalue weighted by atomic mass is 35.5. The predicted octanol–water partition coefficient (Wildman–Crippen LogP) is 3.22. The first-order valence-corrected chi connectivity index (χ1v) is 5.69. The van der Waals surface area contributed by atoms with Crippen LogP contribution in [0.15, 0.2) is 6.07 Å². The summed E-state index contributed by atoms with van der Waals surface area (Å²) in [6.07, 6.45) is 2.40. The van der Waals surface area contributed by atoms with Crippen molar-refractivity contribution in [2.24, 2.45) is 0 Å². The van der Waals surface area contributed by atoms with E-state index in [1.807, 2.05) is 0 Å². The van der Waals surface area contributed by atoms with Gasteiger partial charge < -0.3 is 5.32 Å². The molecule has 0 amide bonds. The number of rotatable bonds is 3. The molecule has 1 N–H and O–H groups in total. The van der Waals surface area contributed by atoms with E-state index >= 15 is 0 Å². The fourth-order valence-corrected chi connectivity index (χ4v) is 1.57. The molecule has 0 spiro atoms. The van der Waals surface area contributed by atoms with Crippen LogP contribution >= 0.6 is 11.6 Å².